The number of H-pyrrole nitrogens is 1. The van der Waals surface area contributed by atoms with E-state index in [1.165, 1.54) is 0 Å². The van der Waals surface area contributed by atoms with Crippen LogP contribution in [0.25, 0.3) is 11.3 Å². The topological polar surface area (TPSA) is 40.7 Å². The lowest BCUT2D eigenvalue weighted by molar-refractivity contribution is -0.137. The molecule has 0 aliphatic carbocycles. The number of anilines is 1. The molecule has 0 radical (unpaired) electrons. The third-order valence-corrected chi connectivity index (χ3v) is 3.82. The van der Waals surface area contributed by atoms with Crippen LogP contribution in [0.15, 0.2) is 48.5 Å². The lowest BCUT2D eigenvalue weighted by atomic mass is 10.1. The summed E-state index contributed by atoms with van der Waals surface area (Å²) in [6.07, 6.45) is -4.51. The van der Waals surface area contributed by atoms with Crippen LogP contribution in [0.1, 0.15) is 16.8 Å². The monoisotopic (exact) mass is 349 g/mol. The summed E-state index contributed by atoms with van der Waals surface area (Å²) in [7, 11) is 0. The number of aryl methyl sites for hydroxylation is 1. The second-order valence-corrected chi connectivity index (χ2v) is 5.60. The van der Waals surface area contributed by atoms with Crippen LogP contribution in [-0.4, -0.2) is 10.2 Å². The van der Waals surface area contributed by atoms with E-state index in [2.05, 4.69) is 15.5 Å². The van der Waals surface area contributed by atoms with Crippen LogP contribution < -0.4 is 5.32 Å². The Kier molecular flexibility index (Phi) is 4.48. The Morgan fingerprint density at radius 3 is 2.48 bits per heavy atom. The van der Waals surface area contributed by atoms with E-state index in [0.29, 0.717) is 17.1 Å². The Hall–Kier alpha value is -2.83. The quantitative estimate of drug-likeness (QED) is 0.639. The largest absolute Gasteiger partial charge is 0.416 e. The van der Waals surface area contributed by atoms with Crippen molar-refractivity contribution in [1.29, 1.82) is 0 Å². The van der Waals surface area contributed by atoms with Crippen molar-refractivity contribution >= 4 is 5.69 Å². The minimum absolute atomic E-state index is 0.0607. The molecule has 0 fully saturated rings. The number of hydrogen-bond donors (Lipinski definition) is 2. The van der Waals surface area contributed by atoms with Gasteiger partial charge in [-0.15, -0.1) is 0 Å². The van der Waals surface area contributed by atoms with Crippen molar-refractivity contribution in [1.82, 2.24) is 10.2 Å². The van der Waals surface area contributed by atoms with Crippen molar-refractivity contribution in [2.75, 3.05) is 5.32 Å². The molecular weight excluding hydrogens is 334 g/mol. The van der Waals surface area contributed by atoms with E-state index in [-0.39, 0.29) is 12.1 Å². The highest BCUT2D eigenvalue weighted by Gasteiger charge is 2.31. The molecule has 0 bridgehead atoms. The van der Waals surface area contributed by atoms with E-state index in [9.17, 15) is 17.6 Å². The first-order valence-corrected chi connectivity index (χ1v) is 7.56. The molecule has 2 aromatic carbocycles. The Bertz CT molecular complexity index is 870. The van der Waals surface area contributed by atoms with Gasteiger partial charge in [-0.2, -0.15) is 18.3 Å². The maximum atomic E-state index is 13.9. The maximum Gasteiger partial charge on any atom is 0.416 e. The third-order valence-electron chi connectivity index (χ3n) is 3.82. The second-order valence-electron chi connectivity index (χ2n) is 5.60. The van der Waals surface area contributed by atoms with Gasteiger partial charge in [0.15, 0.2) is 0 Å². The molecule has 0 amide bonds. The lowest BCUT2D eigenvalue weighted by Crippen LogP contribution is -2.09. The molecule has 1 heterocycles. The van der Waals surface area contributed by atoms with E-state index in [0.717, 1.165) is 23.8 Å². The number of aromatic nitrogens is 2. The molecule has 0 saturated carbocycles. The van der Waals surface area contributed by atoms with Gasteiger partial charge in [0.05, 0.1) is 16.9 Å². The molecule has 2 N–H and O–H groups in total. The van der Waals surface area contributed by atoms with Crippen LogP contribution in [0, 0.1) is 12.7 Å². The van der Waals surface area contributed by atoms with Gasteiger partial charge in [-0.25, -0.2) is 4.39 Å². The predicted octanol–water partition coefficient (Wildman–Crippen LogP) is 5.16. The first kappa shape index (κ1) is 17.0. The van der Waals surface area contributed by atoms with Gasteiger partial charge in [0, 0.05) is 17.7 Å². The zero-order valence-corrected chi connectivity index (χ0v) is 13.3. The number of alkyl halides is 3. The van der Waals surface area contributed by atoms with Gasteiger partial charge in [-0.05, 0) is 25.1 Å². The molecule has 1 aromatic heterocycles. The van der Waals surface area contributed by atoms with Crippen molar-refractivity contribution in [3.63, 3.8) is 0 Å². The lowest BCUT2D eigenvalue weighted by Gasteiger charge is -2.12. The van der Waals surface area contributed by atoms with E-state index < -0.39 is 17.6 Å². The molecule has 3 aromatic rings. The van der Waals surface area contributed by atoms with Gasteiger partial charge in [-0.3, -0.25) is 5.10 Å². The number of halogens is 4. The fourth-order valence-electron chi connectivity index (χ4n) is 2.52. The summed E-state index contributed by atoms with van der Waals surface area (Å²) in [4.78, 5) is 0. The van der Waals surface area contributed by atoms with Crippen LogP contribution >= 0.6 is 0 Å². The molecule has 130 valence electrons. The number of rotatable bonds is 4. The highest BCUT2D eigenvalue weighted by molar-refractivity contribution is 5.75. The molecule has 0 aliphatic heterocycles. The summed E-state index contributed by atoms with van der Waals surface area (Å²) < 4.78 is 52.3. The zero-order chi connectivity index (χ0) is 18.0. The third kappa shape index (κ3) is 3.65. The molecule has 0 saturated heterocycles. The van der Waals surface area contributed by atoms with Crippen molar-refractivity contribution in [2.24, 2.45) is 0 Å². The average Bonchev–Trinajstić information content (AvgIpc) is 2.94. The molecule has 25 heavy (non-hydrogen) atoms. The van der Waals surface area contributed by atoms with Gasteiger partial charge in [0.25, 0.3) is 0 Å². The predicted molar refractivity (Wildman–Crippen MR) is 87.5 cm³/mol. The zero-order valence-electron chi connectivity index (χ0n) is 13.3. The smallest absolute Gasteiger partial charge is 0.378 e. The fourth-order valence-corrected chi connectivity index (χ4v) is 2.52. The average molecular weight is 349 g/mol. The normalized spacial score (nSPS) is 11.6. The van der Waals surface area contributed by atoms with Crippen molar-refractivity contribution in [2.45, 2.75) is 19.6 Å². The molecule has 0 unspecified atom stereocenters. The summed E-state index contributed by atoms with van der Waals surface area (Å²) >= 11 is 0. The van der Waals surface area contributed by atoms with E-state index in [4.69, 9.17) is 0 Å². The van der Waals surface area contributed by atoms with Crippen LogP contribution in [0.5, 0.6) is 0 Å². The van der Waals surface area contributed by atoms with Crippen LogP contribution in [-0.2, 0) is 12.7 Å². The van der Waals surface area contributed by atoms with E-state index >= 15 is 0 Å². The Labute approximate surface area is 141 Å². The molecular formula is C18H15F4N3. The number of nitrogens with zero attached hydrogens (tertiary/aromatic N) is 1. The molecule has 0 atom stereocenters. The Balaban J connectivity index is 1.87. The summed E-state index contributed by atoms with van der Waals surface area (Å²) in [5, 5.41) is 10.0. The van der Waals surface area contributed by atoms with E-state index in [1.807, 2.05) is 30.3 Å². The SMILES string of the molecule is Cc1[nH]nc(-c2ccccc2)c1NCc1cc(C(F)(F)F)ccc1F. The van der Waals surface area contributed by atoms with Gasteiger partial charge >= 0.3 is 6.18 Å². The molecule has 3 rings (SSSR count). The minimum atomic E-state index is -4.51. The van der Waals surface area contributed by atoms with Gasteiger partial charge in [0.2, 0.25) is 0 Å². The Morgan fingerprint density at radius 2 is 1.80 bits per heavy atom. The molecule has 3 nitrogen and oxygen atoms in total. The Morgan fingerprint density at radius 1 is 1.08 bits per heavy atom. The summed E-state index contributed by atoms with van der Waals surface area (Å²) in [6, 6.07) is 11.7. The van der Waals surface area contributed by atoms with Gasteiger partial charge < -0.3 is 5.32 Å². The highest BCUT2D eigenvalue weighted by atomic mass is 19.4. The number of hydrogen-bond acceptors (Lipinski definition) is 2. The minimum Gasteiger partial charge on any atom is -0.378 e. The van der Waals surface area contributed by atoms with Crippen LogP contribution in [0.4, 0.5) is 23.2 Å². The highest BCUT2D eigenvalue weighted by Crippen LogP contribution is 2.32. The maximum absolute atomic E-state index is 13.9. The number of nitrogens with one attached hydrogen (secondary N) is 2. The molecule has 7 heteroatoms. The van der Waals surface area contributed by atoms with Gasteiger partial charge in [0.1, 0.15) is 11.5 Å². The molecule has 0 spiro atoms. The first-order chi connectivity index (χ1) is 11.9. The second kappa shape index (κ2) is 6.58. The summed E-state index contributed by atoms with van der Waals surface area (Å²) in [5.74, 6) is -0.692. The molecule has 0 aliphatic rings. The standard InChI is InChI=1S/C18H15F4N3/c1-11-16(17(25-24-11)12-5-3-2-4-6-12)23-10-13-9-14(18(20,21)22)7-8-15(13)19/h2-9,23H,10H2,1H3,(H,24,25). The first-order valence-electron chi connectivity index (χ1n) is 7.56. The van der Waals surface area contributed by atoms with Crippen molar-refractivity contribution in [3.8, 4) is 11.3 Å². The number of benzene rings is 2. The van der Waals surface area contributed by atoms with Crippen molar-refractivity contribution in [3.05, 3.63) is 71.2 Å². The summed E-state index contributed by atoms with van der Waals surface area (Å²) in [6.45, 7) is 1.69. The summed E-state index contributed by atoms with van der Waals surface area (Å²) in [5.41, 5.74) is 1.88. The van der Waals surface area contributed by atoms with Crippen LogP contribution in [0.3, 0.4) is 0 Å². The van der Waals surface area contributed by atoms with Gasteiger partial charge in [-0.1, -0.05) is 30.3 Å². The van der Waals surface area contributed by atoms with E-state index in [1.54, 1.807) is 6.92 Å². The van der Waals surface area contributed by atoms with Crippen LogP contribution in [0.2, 0.25) is 0 Å². The fraction of sp³-hybridized carbons (Fsp3) is 0.167. The van der Waals surface area contributed by atoms with Crippen molar-refractivity contribution < 1.29 is 17.6 Å². The number of aromatic amines is 1.